The number of nitrogens with two attached hydrogens (primary N) is 4. The van der Waals surface area contributed by atoms with Crippen LogP contribution in [0.25, 0.3) is 0 Å². The highest BCUT2D eigenvalue weighted by molar-refractivity contribution is 4.32. The smallest absolute Gasteiger partial charge is 0.125 e. The summed E-state index contributed by atoms with van der Waals surface area (Å²) in [6, 6.07) is 0. The molecule has 0 bridgehead atoms. The van der Waals surface area contributed by atoms with Crippen molar-refractivity contribution >= 4 is 0 Å². The van der Waals surface area contributed by atoms with Gasteiger partial charge in [0.05, 0.1) is 39.3 Å². The fourth-order valence-electron chi connectivity index (χ4n) is 2.03. The zero-order chi connectivity index (χ0) is 10.6. The Morgan fingerprint density at radius 1 is 0.333 bits per heavy atom. The third-order valence-corrected chi connectivity index (χ3v) is 3.02. The zero-order valence-electron chi connectivity index (χ0n) is 10.1. The maximum absolute atomic E-state index is 2.48. The van der Waals surface area contributed by atoms with Gasteiger partial charge in [-0.05, 0) is 0 Å². The molecule has 0 amide bonds. The van der Waals surface area contributed by atoms with E-state index in [0.29, 0.717) is 0 Å². The van der Waals surface area contributed by atoms with Crippen molar-refractivity contribution in [2.24, 2.45) is 0 Å². The van der Waals surface area contributed by atoms with Crippen LogP contribution in [-0.4, -0.2) is 52.4 Å². The molecule has 1 rings (SSSR count). The third kappa shape index (κ3) is 8.81. The third-order valence-electron chi connectivity index (χ3n) is 3.02. The van der Waals surface area contributed by atoms with Crippen LogP contribution in [0, 0.1) is 0 Å². The normalized spacial score (nSPS) is 24.0. The molecule has 90 valence electrons. The van der Waals surface area contributed by atoms with Crippen LogP contribution in [0.15, 0.2) is 0 Å². The Kier molecular flexibility index (Phi) is 8.92. The van der Waals surface area contributed by atoms with E-state index < -0.39 is 0 Å². The van der Waals surface area contributed by atoms with Crippen LogP contribution in [0.2, 0.25) is 0 Å². The first-order valence-corrected chi connectivity index (χ1v) is 6.77. The van der Waals surface area contributed by atoms with E-state index in [0.717, 1.165) is 0 Å². The highest BCUT2D eigenvalue weighted by Crippen LogP contribution is 1.65. The highest BCUT2D eigenvalue weighted by Gasteiger charge is 1.99. The van der Waals surface area contributed by atoms with E-state index in [1.807, 2.05) is 0 Å². The Morgan fingerprint density at radius 3 is 0.933 bits per heavy atom. The average molecular weight is 218 g/mol. The molecule has 1 saturated heterocycles. The molecule has 15 heavy (non-hydrogen) atoms. The van der Waals surface area contributed by atoms with E-state index in [-0.39, 0.29) is 0 Å². The van der Waals surface area contributed by atoms with Gasteiger partial charge in [0, 0.05) is 19.3 Å². The van der Waals surface area contributed by atoms with Crippen LogP contribution < -0.4 is 21.3 Å². The van der Waals surface area contributed by atoms with Crippen molar-refractivity contribution < 1.29 is 21.3 Å². The molecule has 0 aromatic carbocycles. The molecule has 0 radical (unpaired) electrons. The monoisotopic (exact) mass is 218 g/mol. The second kappa shape index (κ2) is 10.4. The van der Waals surface area contributed by atoms with Gasteiger partial charge in [0.2, 0.25) is 0 Å². The van der Waals surface area contributed by atoms with Gasteiger partial charge in [-0.25, -0.2) is 0 Å². The molecule has 4 heteroatoms. The van der Waals surface area contributed by atoms with Crippen LogP contribution in [-0.2, 0) is 0 Å². The molecule has 1 aliphatic heterocycles. The van der Waals surface area contributed by atoms with E-state index in [2.05, 4.69) is 21.3 Å². The predicted molar refractivity (Wildman–Crippen MR) is 60.5 cm³/mol. The van der Waals surface area contributed by atoms with Crippen LogP contribution in [0.1, 0.15) is 19.3 Å². The summed E-state index contributed by atoms with van der Waals surface area (Å²) in [6.07, 6.45) is 4.10. The Balaban J connectivity index is 2.01. The van der Waals surface area contributed by atoms with E-state index in [1.165, 1.54) is 71.6 Å². The lowest BCUT2D eigenvalue weighted by atomic mass is 10.3. The summed E-state index contributed by atoms with van der Waals surface area (Å²) >= 11 is 0. The minimum Gasteiger partial charge on any atom is -0.346 e. The van der Waals surface area contributed by atoms with Crippen molar-refractivity contribution in [2.45, 2.75) is 19.3 Å². The number of hydrogen-bond acceptors (Lipinski definition) is 0. The Labute approximate surface area is 93.6 Å². The van der Waals surface area contributed by atoms with Crippen LogP contribution >= 0.6 is 0 Å². The maximum Gasteiger partial charge on any atom is 0.125 e. The molecular formula is C11H30N4+4. The molecule has 1 aliphatic rings. The predicted octanol–water partition coefficient (Wildman–Crippen LogP) is -4.58. The molecular weight excluding hydrogens is 188 g/mol. The average Bonchev–Trinajstić information content (AvgIpc) is 2.27. The van der Waals surface area contributed by atoms with Crippen molar-refractivity contribution in [3.63, 3.8) is 0 Å². The number of hydrogen-bond donors (Lipinski definition) is 4. The zero-order valence-corrected chi connectivity index (χ0v) is 10.1. The van der Waals surface area contributed by atoms with Crippen molar-refractivity contribution in [1.82, 2.24) is 0 Å². The molecule has 1 fully saturated rings. The second-order valence-corrected chi connectivity index (χ2v) is 4.52. The lowest BCUT2D eigenvalue weighted by Gasteiger charge is -2.00. The molecule has 0 aromatic heterocycles. The number of rotatable bonds is 0. The van der Waals surface area contributed by atoms with Gasteiger partial charge in [-0.1, -0.05) is 0 Å². The van der Waals surface area contributed by atoms with E-state index >= 15 is 0 Å². The molecule has 1 heterocycles. The van der Waals surface area contributed by atoms with Gasteiger partial charge in [-0.2, -0.15) is 0 Å². The molecule has 8 N–H and O–H groups in total. The van der Waals surface area contributed by atoms with Gasteiger partial charge in [0.15, 0.2) is 0 Å². The molecule has 0 spiro atoms. The first kappa shape index (κ1) is 12.9. The van der Waals surface area contributed by atoms with Crippen molar-refractivity contribution in [2.75, 3.05) is 52.4 Å². The molecule has 0 unspecified atom stereocenters. The minimum absolute atomic E-state index is 1.30. The van der Waals surface area contributed by atoms with Crippen LogP contribution in [0.4, 0.5) is 0 Å². The van der Waals surface area contributed by atoms with Gasteiger partial charge in [-0.3, -0.25) is 0 Å². The quantitative estimate of drug-likeness (QED) is 0.316. The first-order chi connectivity index (χ1) is 7.50. The number of quaternary nitrogens is 4. The van der Waals surface area contributed by atoms with Crippen molar-refractivity contribution in [3.8, 4) is 0 Å². The van der Waals surface area contributed by atoms with E-state index in [4.69, 9.17) is 0 Å². The lowest BCUT2D eigenvalue weighted by molar-refractivity contribution is -0.729. The topological polar surface area (TPSA) is 66.4 Å². The van der Waals surface area contributed by atoms with Gasteiger partial charge in [-0.15, -0.1) is 0 Å². The summed E-state index contributed by atoms with van der Waals surface area (Å²) in [7, 11) is 0. The summed E-state index contributed by atoms with van der Waals surface area (Å²) in [4.78, 5) is 0. The first-order valence-electron chi connectivity index (χ1n) is 6.77. The summed E-state index contributed by atoms with van der Waals surface area (Å²) in [5.41, 5.74) is 0. The van der Waals surface area contributed by atoms with Crippen LogP contribution in [0.3, 0.4) is 0 Å². The van der Waals surface area contributed by atoms with Gasteiger partial charge < -0.3 is 21.3 Å². The maximum atomic E-state index is 2.48. The summed E-state index contributed by atoms with van der Waals surface area (Å²) in [6.45, 7) is 10.5. The molecule has 0 aliphatic carbocycles. The fraction of sp³-hybridized carbons (Fsp3) is 1.00. The molecule has 4 nitrogen and oxygen atoms in total. The molecule has 0 aromatic rings. The molecule has 0 saturated carbocycles. The summed E-state index contributed by atoms with van der Waals surface area (Å²) in [5.74, 6) is 0. The fourth-order valence-corrected chi connectivity index (χ4v) is 2.03. The Morgan fingerprint density at radius 2 is 0.600 bits per heavy atom. The van der Waals surface area contributed by atoms with E-state index in [9.17, 15) is 0 Å². The van der Waals surface area contributed by atoms with Crippen molar-refractivity contribution in [3.05, 3.63) is 0 Å². The molecule has 0 atom stereocenters. The summed E-state index contributed by atoms with van der Waals surface area (Å²) in [5, 5.41) is 9.90. The van der Waals surface area contributed by atoms with Crippen LogP contribution in [0.5, 0.6) is 0 Å². The highest BCUT2D eigenvalue weighted by atomic mass is 15.0. The standard InChI is InChI=1S/C11H26N4/c1-4-12-6-2-8-14-10-11-15-9-3-7-13-5-1/h12-15H,1-11H2/p+4. The Bertz CT molecular complexity index is 71.2. The van der Waals surface area contributed by atoms with Gasteiger partial charge in [0.25, 0.3) is 0 Å². The van der Waals surface area contributed by atoms with Gasteiger partial charge in [0.1, 0.15) is 13.1 Å². The largest absolute Gasteiger partial charge is 0.346 e. The van der Waals surface area contributed by atoms with Crippen molar-refractivity contribution in [1.29, 1.82) is 0 Å². The lowest BCUT2D eigenvalue weighted by Crippen LogP contribution is -2.95. The van der Waals surface area contributed by atoms with Gasteiger partial charge >= 0.3 is 0 Å². The summed E-state index contributed by atoms with van der Waals surface area (Å²) < 4.78 is 0. The van der Waals surface area contributed by atoms with E-state index in [1.54, 1.807) is 0 Å². The second-order valence-electron chi connectivity index (χ2n) is 4.52. The SMILES string of the molecule is C1C[NH2+]CCC[NH2+]CC[NH2+]CCC[NH2+]C1. The Hall–Kier alpha value is -0.160. The minimum atomic E-state index is 1.30.